The molecule has 2 aromatic heterocycles. The first-order chi connectivity index (χ1) is 13.1. The third-order valence-electron chi connectivity index (χ3n) is 3.98. The highest BCUT2D eigenvalue weighted by atomic mass is 32.2. The van der Waals surface area contributed by atoms with Crippen molar-refractivity contribution in [3.63, 3.8) is 0 Å². The maximum atomic E-state index is 12.8. The van der Waals surface area contributed by atoms with Crippen LogP contribution in [0.15, 0.2) is 78.1 Å². The van der Waals surface area contributed by atoms with Crippen LogP contribution < -0.4 is 4.72 Å². The summed E-state index contributed by atoms with van der Waals surface area (Å²) >= 11 is 0. The monoisotopic (exact) mass is 375 g/mol. The zero-order valence-corrected chi connectivity index (χ0v) is 14.8. The van der Waals surface area contributed by atoms with Crippen LogP contribution in [0.25, 0.3) is 16.6 Å². The summed E-state index contributed by atoms with van der Waals surface area (Å²) in [4.78, 5) is 4.32. The summed E-state index contributed by atoms with van der Waals surface area (Å²) in [5.74, 6) is 0. The molecule has 0 saturated heterocycles. The third kappa shape index (κ3) is 3.23. The lowest BCUT2D eigenvalue weighted by Crippen LogP contribution is -2.13. The van der Waals surface area contributed by atoms with Crippen molar-refractivity contribution >= 4 is 26.6 Å². The van der Waals surface area contributed by atoms with Gasteiger partial charge in [0.15, 0.2) is 0 Å². The van der Waals surface area contributed by atoms with Crippen LogP contribution in [0.5, 0.6) is 0 Å². The first-order valence-electron chi connectivity index (χ1n) is 7.99. The van der Waals surface area contributed by atoms with Crippen molar-refractivity contribution in [1.29, 1.82) is 5.26 Å². The van der Waals surface area contributed by atoms with Gasteiger partial charge in [-0.05, 0) is 36.4 Å². The Bertz CT molecular complexity index is 1270. The normalized spacial score (nSPS) is 11.2. The highest BCUT2D eigenvalue weighted by Gasteiger charge is 2.18. The smallest absolute Gasteiger partial charge is 0.264 e. The van der Waals surface area contributed by atoms with Gasteiger partial charge in [-0.25, -0.2) is 13.1 Å². The van der Waals surface area contributed by atoms with E-state index in [0.29, 0.717) is 22.5 Å². The Morgan fingerprint density at radius 1 is 1.04 bits per heavy atom. The summed E-state index contributed by atoms with van der Waals surface area (Å²) in [6.45, 7) is 0. The quantitative estimate of drug-likeness (QED) is 0.591. The number of nitrogens with one attached hydrogen (secondary N) is 1. The number of nitrogens with zero attached hydrogens (tertiary/aromatic N) is 4. The van der Waals surface area contributed by atoms with E-state index >= 15 is 0 Å². The number of fused-ring (bicyclic) bond motifs is 1. The molecule has 132 valence electrons. The fourth-order valence-corrected chi connectivity index (χ4v) is 3.95. The summed E-state index contributed by atoms with van der Waals surface area (Å²) in [6, 6.07) is 17.3. The van der Waals surface area contributed by atoms with Crippen molar-refractivity contribution in [2.24, 2.45) is 0 Å². The van der Waals surface area contributed by atoms with E-state index in [1.54, 1.807) is 53.5 Å². The molecule has 0 unspecified atom stereocenters. The average Bonchev–Trinajstić information content (AvgIpc) is 3.17. The van der Waals surface area contributed by atoms with Crippen LogP contribution in [0, 0.1) is 11.3 Å². The van der Waals surface area contributed by atoms with Crippen molar-refractivity contribution < 1.29 is 8.42 Å². The van der Waals surface area contributed by atoms with Crippen LogP contribution in [0.4, 0.5) is 5.69 Å². The summed E-state index contributed by atoms with van der Waals surface area (Å²) in [6.07, 6.45) is 4.63. The van der Waals surface area contributed by atoms with E-state index in [-0.39, 0.29) is 4.90 Å². The minimum absolute atomic E-state index is 0.121. The zero-order valence-electron chi connectivity index (χ0n) is 13.9. The molecule has 0 saturated carbocycles. The summed E-state index contributed by atoms with van der Waals surface area (Å²) < 4.78 is 29.7. The molecular formula is C19H13N5O2S. The second-order valence-corrected chi connectivity index (χ2v) is 7.42. The molecule has 4 aromatic rings. The van der Waals surface area contributed by atoms with Gasteiger partial charge in [-0.15, -0.1) is 0 Å². The molecule has 4 rings (SSSR count). The molecule has 0 aliphatic carbocycles. The number of pyridine rings is 1. The van der Waals surface area contributed by atoms with Crippen LogP contribution in [0.1, 0.15) is 5.56 Å². The summed E-state index contributed by atoms with van der Waals surface area (Å²) in [5.41, 5.74) is 2.00. The Kier molecular flexibility index (Phi) is 4.06. The minimum Gasteiger partial charge on any atom is -0.280 e. The lowest BCUT2D eigenvalue weighted by Gasteiger charge is -2.10. The van der Waals surface area contributed by atoms with Crippen molar-refractivity contribution in [2.75, 3.05) is 4.72 Å². The van der Waals surface area contributed by atoms with Crippen molar-refractivity contribution in [2.45, 2.75) is 4.90 Å². The van der Waals surface area contributed by atoms with E-state index in [0.717, 1.165) is 5.39 Å². The van der Waals surface area contributed by atoms with Crippen LogP contribution in [0.3, 0.4) is 0 Å². The van der Waals surface area contributed by atoms with Gasteiger partial charge in [0.2, 0.25) is 0 Å². The predicted octanol–water partition coefficient (Wildman–Crippen LogP) is 3.09. The average molecular weight is 375 g/mol. The van der Waals surface area contributed by atoms with Gasteiger partial charge >= 0.3 is 0 Å². The maximum Gasteiger partial charge on any atom is 0.264 e. The van der Waals surface area contributed by atoms with E-state index in [9.17, 15) is 8.42 Å². The standard InChI is InChI=1S/C19H13N5O2S/c20-11-14-12-22-24(13-14)17-8-6-16(7-9-17)23-27(25,26)18-5-1-3-15-4-2-10-21-19(15)18/h1-10,12-13,23H. The molecule has 0 atom stereocenters. The second-order valence-electron chi connectivity index (χ2n) is 5.77. The van der Waals surface area contributed by atoms with Crippen LogP contribution in [0.2, 0.25) is 0 Å². The van der Waals surface area contributed by atoms with E-state index in [1.165, 1.54) is 12.3 Å². The van der Waals surface area contributed by atoms with Gasteiger partial charge in [0.05, 0.1) is 23.0 Å². The Hall–Kier alpha value is -3.70. The maximum absolute atomic E-state index is 12.8. The molecule has 0 spiro atoms. The molecule has 27 heavy (non-hydrogen) atoms. The Labute approximate surface area is 155 Å². The van der Waals surface area contributed by atoms with Crippen LogP contribution in [-0.4, -0.2) is 23.2 Å². The van der Waals surface area contributed by atoms with Crippen LogP contribution in [-0.2, 0) is 10.0 Å². The predicted molar refractivity (Wildman–Crippen MR) is 101 cm³/mol. The first kappa shape index (κ1) is 16.8. The Balaban J connectivity index is 1.64. The Morgan fingerprint density at radius 3 is 2.56 bits per heavy atom. The molecule has 0 fully saturated rings. The first-order valence-corrected chi connectivity index (χ1v) is 9.47. The van der Waals surface area contributed by atoms with Crippen LogP contribution >= 0.6 is 0 Å². The lowest BCUT2D eigenvalue weighted by molar-refractivity contribution is 0.602. The second kappa shape index (κ2) is 6.55. The van der Waals surface area contributed by atoms with Crippen molar-refractivity contribution in [3.8, 4) is 11.8 Å². The molecule has 0 radical (unpaired) electrons. The van der Waals surface area contributed by atoms with Crippen molar-refractivity contribution in [1.82, 2.24) is 14.8 Å². The molecule has 2 aromatic carbocycles. The summed E-state index contributed by atoms with van der Waals surface area (Å²) in [5, 5.41) is 13.7. The number of aromatic nitrogens is 3. The number of para-hydroxylation sites is 1. The van der Waals surface area contributed by atoms with Gasteiger partial charge in [-0.2, -0.15) is 10.4 Å². The molecule has 0 bridgehead atoms. The molecule has 0 amide bonds. The molecule has 2 heterocycles. The Morgan fingerprint density at radius 2 is 1.81 bits per heavy atom. The topological polar surface area (TPSA) is 101 Å². The highest BCUT2D eigenvalue weighted by molar-refractivity contribution is 7.93. The highest BCUT2D eigenvalue weighted by Crippen LogP contribution is 2.23. The molecule has 1 N–H and O–H groups in total. The molecule has 0 aliphatic heterocycles. The lowest BCUT2D eigenvalue weighted by atomic mass is 10.2. The van der Waals surface area contributed by atoms with Gasteiger partial charge in [-0.3, -0.25) is 9.71 Å². The zero-order chi connectivity index (χ0) is 18.9. The molecule has 8 heteroatoms. The van der Waals surface area contributed by atoms with Gasteiger partial charge in [-0.1, -0.05) is 18.2 Å². The number of benzene rings is 2. The van der Waals surface area contributed by atoms with Gasteiger partial charge in [0.25, 0.3) is 10.0 Å². The number of anilines is 1. The van der Waals surface area contributed by atoms with Gasteiger partial charge in [0, 0.05) is 23.5 Å². The molecular weight excluding hydrogens is 362 g/mol. The third-order valence-corrected chi connectivity index (χ3v) is 5.39. The van der Waals surface area contributed by atoms with Gasteiger partial charge < -0.3 is 0 Å². The molecule has 7 nitrogen and oxygen atoms in total. The molecule has 0 aliphatic rings. The van der Waals surface area contributed by atoms with Gasteiger partial charge in [0.1, 0.15) is 11.0 Å². The number of rotatable bonds is 4. The summed E-state index contributed by atoms with van der Waals surface area (Å²) in [7, 11) is -3.80. The fourth-order valence-electron chi connectivity index (χ4n) is 2.71. The minimum atomic E-state index is -3.80. The van der Waals surface area contributed by atoms with E-state index in [2.05, 4.69) is 14.8 Å². The van der Waals surface area contributed by atoms with Crippen molar-refractivity contribution in [3.05, 3.63) is 78.8 Å². The van der Waals surface area contributed by atoms with E-state index in [1.807, 2.05) is 18.2 Å². The SMILES string of the molecule is N#Cc1cnn(-c2ccc(NS(=O)(=O)c3cccc4cccnc34)cc2)c1. The fraction of sp³-hybridized carbons (Fsp3) is 0. The van der Waals surface area contributed by atoms with E-state index in [4.69, 9.17) is 5.26 Å². The number of sulfonamides is 1. The van der Waals surface area contributed by atoms with E-state index < -0.39 is 10.0 Å². The number of nitriles is 1. The largest absolute Gasteiger partial charge is 0.280 e. The number of hydrogen-bond acceptors (Lipinski definition) is 5. The number of hydrogen-bond donors (Lipinski definition) is 1.